The van der Waals surface area contributed by atoms with Crippen LogP contribution in [0.15, 0.2) is 48.6 Å². The van der Waals surface area contributed by atoms with E-state index >= 15 is 0 Å². The molecule has 2 aromatic carbocycles. The van der Waals surface area contributed by atoms with Crippen LogP contribution in [0.1, 0.15) is 60.0 Å². The van der Waals surface area contributed by atoms with Gasteiger partial charge >= 0.3 is 0 Å². The number of hydrogen-bond donors (Lipinski definition) is 2. The number of rotatable bonds is 0. The van der Waals surface area contributed by atoms with Gasteiger partial charge in [-0.2, -0.15) is 0 Å². The summed E-state index contributed by atoms with van der Waals surface area (Å²) in [5, 5.41) is 11.4. The van der Waals surface area contributed by atoms with Gasteiger partial charge in [-0.15, -0.1) is 0 Å². The van der Waals surface area contributed by atoms with Crippen molar-refractivity contribution in [2.24, 2.45) is 11.8 Å². The van der Waals surface area contributed by atoms with Crippen molar-refractivity contribution in [3.63, 3.8) is 0 Å². The van der Waals surface area contributed by atoms with E-state index < -0.39 is 22.0 Å². The summed E-state index contributed by atoms with van der Waals surface area (Å²) >= 11 is 6.36. The first-order valence-electron chi connectivity index (χ1n) is 13.9. The van der Waals surface area contributed by atoms with Crippen LogP contribution in [0, 0.1) is 11.8 Å². The Labute approximate surface area is 235 Å². The van der Waals surface area contributed by atoms with Crippen LogP contribution >= 0.6 is 11.6 Å². The molecule has 1 spiro atoms. The monoisotopic (exact) mass is 570 g/mol. The highest BCUT2D eigenvalue weighted by molar-refractivity contribution is 7.90. The van der Waals surface area contributed by atoms with Gasteiger partial charge in [-0.3, -0.25) is 4.79 Å². The SMILES string of the molecule is O=C1NS(=O)(=O)CC/C=C\[C@@H](O)C[C@@H]2CC[C@H]2CN2C[C@@]3(CCCc4cc(Cl)ccc43)COc3ccc1cc32. The number of aliphatic hydroxyl groups excluding tert-OH is 1. The van der Waals surface area contributed by atoms with E-state index in [0.717, 1.165) is 55.9 Å². The van der Waals surface area contributed by atoms with Crippen molar-refractivity contribution in [3.05, 3.63) is 70.3 Å². The van der Waals surface area contributed by atoms with Crippen molar-refractivity contribution < 1.29 is 23.1 Å². The van der Waals surface area contributed by atoms with Crippen LogP contribution in [0.4, 0.5) is 5.69 Å². The van der Waals surface area contributed by atoms with E-state index in [0.29, 0.717) is 36.2 Å². The predicted octanol–water partition coefficient (Wildman–Crippen LogP) is 4.61. The molecule has 2 bridgehead atoms. The second kappa shape index (κ2) is 10.5. The highest BCUT2D eigenvalue weighted by atomic mass is 35.5. The first kappa shape index (κ1) is 26.7. The number of ether oxygens (including phenoxy) is 1. The average Bonchev–Trinajstić information content (AvgIpc) is 3.04. The van der Waals surface area contributed by atoms with E-state index in [4.69, 9.17) is 16.3 Å². The molecular formula is C30H35ClN2O5S. The molecule has 0 radical (unpaired) electrons. The van der Waals surface area contributed by atoms with Gasteiger partial charge < -0.3 is 14.7 Å². The Morgan fingerprint density at radius 2 is 1.97 bits per heavy atom. The van der Waals surface area contributed by atoms with E-state index in [9.17, 15) is 18.3 Å². The number of benzene rings is 2. The molecule has 4 aliphatic rings. The predicted molar refractivity (Wildman–Crippen MR) is 152 cm³/mol. The zero-order valence-corrected chi connectivity index (χ0v) is 23.5. The molecule has 1 fully saturated rings. The lowest BCUT2D eigenvalue weighted by molar-refractivity contribution is 0.0980. The highest BCUT2D eigenvalue weighted by Gasteiger charge is 2.43. The number of nitrogens with one attached hydrogen (secondary N) is 1. The molecule has 2 N–H and O–H groups in total. The number of carbonyl (C=O) groups is 1. The smallest absolute Gasteiger partial charge is 0.264 e. The second-order valence-corrected chi connectivity index (χ2v) is 13.9. The van der Waals surface area contributed by atoms with Gasteiger partial charge in [0.2, 0.25) is 10.0 Å². The van der Waals surface area contributed by atoms with Crippen LogP contribution in [0.3, 0.4) is 0 Å². The lowest BCUT2D eigenvalue weighted by atomic mass is 9.68. The number of aliphatic hydroxyl groups is 1. The Balaban J connectivity index is 1.41. The summed E-state index contributed by atoms with van der Waals surface area (Å²) in [5.74, 6) is 0.628. The quantitative estimate of drug-likeness (QED) is 0.449. The Kier molecular flexibility index (Phi) is 7.14. The first-order valence-corrected chi connectivity index (χ1v) is 15.9. The number of aryl methyl sites for hydroxylation is 1. The van der Waals surface area contributed by atoms with Crippen LogP contribution in [-0.4, -0.2) is 51.0 Å². The van der Waals surface area contributed by atoms with Crippen molar-refractivity contribution in [2.75, 3.05) is 30.3 Å². The van der Waals surface area contributed by atoms with Crippen molar-refractivity contribution in [1.29, 1.82) is 0 Å². The van der Waals surface area contributed by atoms with E-state index in [1.54, 1.807) is 30.4 Å². The maximum absolute atomic E-state index is 13.0. The molecule has 39 heavy (non-hydrogen) atoms. The molecule has 0 saturated heterocycles. The Hall–Kier alpha value is -2.55. The lowest BCUT2D eigenvalue weighted by Gasteiger charge is -2.45. The molecule has 7 nitrogen and oxygen atoms in total. The van der Waals surface area contributed by atoms with Crippen LogP contribution in [0.25, 0.3) is 0 Å². The normalized spacial score (nSPS) is 31.1. The number of anilines is 1. The Morgan fingerprint density at radius 3 is 2.79 bits per heavy atom. The topological polar surface area (TPSA) is 95.9 Å². The molecule has 2 aromatic rings. The summed E-state index contributed by atoms with van der Waals surface area (Å²) < 4.78 is 33.9. The molecule has 2 aliphatic carbocycles. The summed E-state index contributed by atoms with van der Waals surface area (Å²) in [5.41, 5.74) is 3.41. The van der Waals surface area contributed by atoms with E-state index in [2.05, 4.69) is 21.8 Å². The fourth-order valence-corrected chi connectivity index (χ4v) is 7.99. The molecule has 2 heterocycles. The number of hydrogen-bond acceptors (Lipinski definition) is 6. The molecule has 6 rings (SSSR count). The van der Waals surface area contributed by atoms with Gasteiger partial charge in [0.15, 0.2) is 0 Å². The molecule has 2 aliphatic heterocycles. The maximum atomic E-state index is 13.0. The number of carbonyl (C=O) groups excluding carboxylic acids is 1. The van der Waals surface area contributed by atoms with E-state index in [-0.39, 0.29) is 17.6 Å². The molecule has 208 valence electrons. The summed E-state index contributed by atoms with van der Waals surface area (Å²) in [4.78, 5) is 15.4. The third kappa shape index (κ3) is 5.43. The molecular weight excluding hydrogens is 536 g/mol. The standard InChI is InChI=1S/C30H35ClN2O5S/c31-24-9-10-26-21(14-24)4-3-12-30(26)18-33-17-23-7-6-20(23)15-25(34)5-1-2-13-39(36,37)32-29(35)22-8-11-28(38-19-30)27(33)16-22/h1,5,8-11,14,16,20,23,25,34H,2-4,6-7,12-13,15,17-19H2,(H,32,35)/b5-1-/t20-,23-,25+,30-/m0/s1. The summed E-state index contributed by atoms with van der Waals surface area (Å²) in [6.07, 6.45) is 8.83. The van der Waals surface area contributed by atoms with Gasteiger partial charge in [-0.25, -0.2) is 13.1 Å². The van der Waals surface area contributed by atoms with Crippen molar-refractivity contribution in [2.45, 2.75) is 56.5 Å². The second-order valence-electron chi connectivity index (χ2n) is 11.7. The third-order valence-electron chi connectivity index (χ3n) is 9.03. The number of halogens is 1. The number of fused-ring (bicyclic) bond motifs is 4. The van der Waals surface area contributed by atoms with Crippen LogP contribution in [0.5, 0.6) is 5.75 Å². The molecule has 4 atom stereocenters. The Bertz CT molecular complexity index is 1410. The van der Waals surface area contributed by atoms with Gasteiger partial charge in [-0.1, -0.05) is 29.8 Å². The molecule has 0 aromatic heterocycles. The van der Waals surface area contributed by atoms with Gasteiger partial charge in [0.1, 0.15) is 5.75 Å². The minimum absolute atomic E-state index is 0.222. The van der Waals surface area contributed by atoms with Gasteiger partial charge in [-0.05, 0) is 98.2 Å². The first-order chi connectivity index (χ1) is 18.7. The van der Waals surface area contributed by atoms with E-state index in [1.807, 2.05) is 6.07 Å². The average molecular weight is 571 g/mol. The summed E-state index contributed by atoms with van der Waals surface area (Å²) in [6.45, 7) is 2.03. The minimum Gasteiger partial charge on any atom is -0.490 e. The largest absolute Gasteiger partial charge is 0.490 e. The highest BCUT2D eigenvalue weighted by Crippen LogP contribution is 2.46. The van der Waals surface area contributed by atoms with Gasteiger partial charge in [0, 0.05) is 29.1 Å². The summed E-state index contributed by atoms with van der Waals surface area (Å²) in [7, 11) is -3.82. The van der Waals surface area contributed by atoms with Crippen LogP contribution in [0.2, 0.25) is 5.02 Å². The minimum atomic E-state index is -3.82. The van der Waals surface area contributed by atoms with Crippen molar-refractivity contribution >= 4 is 33.2 Å². The number of amides is 1. The number of allylic oxidation sites excluding steroid dienone is 1. The van der Waals surface area contributed by atoms with Crippen LogP contribution < -0.4 is 14.4 Å². The summed E-state index contributed by atoms with van der Waals surface area (Å²) in [6, 6.07) is 11.4. The fraction of sp³-hybridized carbons (Fsp3) is 0.500. The van der Waals surface area contributed by atoms with Crippen molar-refractivity contribution in [1.82, 2.24) is 4.72 Å². The zero-order chi connectivity index (χ0) is 27.2. The number of nitrogens with zero attached hydrogens (tertiary/aromatic N) is 1. The van der Waals surface area contributed by atoms with E-state index in [1.165, 1.54) is 11.1 Å². The van der Waals surface area contributed by atoms with Gasteiger partial charge in [0.25, 0.3) is 5.91 Å². The molecule has 9 heteroatoms. The lowest BCUT2D eigenvalue weighted by Crippen LogP contribution is -2.48. The zero-order valence-electron chi connectivity index (χ0n) is 21.9. The van der Waals surface area contributed by atoms with Crippen LogP contribution in [-0.2, 0) is 21.9 Å². The fourth-order valence-electron chi connectivity index (χ4n) is 6.84. The number of sulfonamides is 1. The van der Waals surface area contributed by atoms with Crippen molar-refractivity contribution in [3.8, 4) is 5.75 Å². The molecule has 1 saturated carbocycles. The maximum Gasteiger partial charge on any atom is 0.264 e. The molecule has 0 unspecified atom stereocenters. The third-order valence-corrected chi connectivity index (χ3v) is 10.5. The van der Waals surface area contributed by atoms with Gasteiger partial charge in [0.05, 0.1) is 24.2 Å². The molecule has 1 amide bonds. The Morgan fingerprint density at radius 1 is 1.13 bits per heavy atom.